The molecule has 1 N–H and O–H groups in total. The van der Waals surface area contributed by atoms with E-state index >= 15 is 0 Å². The molecule has 0 radical (unpaired) electrons. The summed E-state index contributed by atoms with van der Waals surface area (Å²) in [5.41, 5.74) is 0.598. The molecule has 0 atom stereocenters. The van der Waals surface area contributed by atoms with Crippen LogP contribution >= 0.6 is 15.9 Å². The van der Waals surface area contributed by atoms with Gasteiger partial charge in [0.1, 0.15) is 5.75 Å². The fourth-order valence-corrected chi connectivity index (χ4v) is 1.60. The van der Waals surface area contributed by atoms with Crippen LogP contribution in [0, 0.1) is 0 Å². The maximum Gasteiger partial charge on any atom is 0.265 e. The second-order valence-corrected chi connectivity index (χ2v) is 3.49. The Labute approximate surface area is 93.7 Å². The van der Waals surface area contributed by atoms with Crippen LogP contribution in [0.2, 0.25) is 0 Å². The van der Waals surface area contributed by atoms with Crippen LogP contribution in [0.5, 0.6) is 5.75 Å². The van der Waals surface area contributed by atoms with Gasteiger partial charge in [-0.1, -0.05) is 12.1 Å². The van der Waals surface area contributed by atoms with Crippen LogP contribution in [0.4, 0.5) is 0 Å². The van der Waals surface area contributed by atoms with Crippen LogP contribution in [0.15, 0.2) is 33.5 Å². The van der Waals surface area contributed by atoms with Crippen LogP contribution in [0.3, 0.4) is 0 Å². The molecule has 0 saturated heterocycles. The number of hydrogen-bond acceptors (Lipinski definition) is 4. The highest BCUT2D eigenvalue weighted by Gasteiger charge is 2.15. The Morgan fingerprint density at radius 3 is 2.80 bits per heavy atom. The third kappa shape index (κ3) is 1.78. The molecule has 15 heavy (non-hydrogen) atoms. The number of halogens is 1. The molecule has 0 aliphatic heterocycles. The zero-order valence-electron chi connectivity index (χ0n) is 7.48. The Hall–Kier alpha value is -1.62. The number of benzene rings is 1. The average molecular weight is 268 g/mol. The molecule has 1 aromatic carbocycles. The molecule has 0 unspecified atom stereocenters. The first-order valence-electron chi connectivity index (χ1n) is 4.12. The molecule has 1 aromatic heterocycles. The molecule has 0 saturated carbocycles. The van der Waals surface area contributed by atoms with Crippen LogP contribution < -0.4 is 0 Å². The lowest BCUT2D eigenvalue weighted by Crippen LogP contribution is -1.84. The molecule has 0 aliphatic rings. The first-order valence-corrected chi connectivity index (χ1v) is 4.91. The van der Waals surface area contributed by atoms with Crippen molar-refractivity contribution in [1.29, 1.82) is 0 Å². The number of phenols is 1. The molecule has 0 fully saturated rings. The van der Waals surface area contributed by atoms with E-state index in [0.717, 1.165) is 0 Å². The summed E-state index contributed by atoms with van der Waals surface area (Å²) in [6.45, 7) is 0. The van der Waals surface area contributed by atoms with E-state index in [2.05, 4.69) is 20.9 Å². The highest BCUT2D eigenvalue weighted by atomic mass is 79.9. The van der Waals surface area contributed by atoms with Crippen LogP contribution in [-0.4, -0.2) is 16.4 Å². The molecular weight excluding hydrogens is 262 g/mol. The second kappa shape index (κ2) is 3.86. The predicted octanol–water partition coefficient (Wildman–Crippen LogP) is 2.62. The first-order chi connectivity index (χ1) is 7.22. The van der Waals surface area contributed by atoms with Crippen molar-refractivity contribution in [3.8, 4) is 17.1 Å². The smallest absolute Gasteiger partial charge is 0.265 e. The molecule has 2 rings (SSSR count). The normalized spacial score (nSPS) is 10.2. The van der Waals surface area contributed by atoms with E-state index in [4.69, 9.17) is 4.42 Å². The third-order valence-corrected chi connectivity index (χ3v) is 2.23. The van der Waals surface area contributed by atoms with E-state index in [1.54, 1.807) is 18.2 Å². The molecule has 0 spiro atoms. The maximum absolute atomic E-state index is 10.7. The summed E-state index contributed by atoms with van der Waals surface area (Å²) < 4.78 is 5.19. The Balaban J connectivity index is 2.63. The Morgan fingerprint density at radius 2 is 2.13 bits per heavy atom. The largest absolute Gasteiger partial charge is 0.507 e. The van der Waals surface area contributed by atoms with Crippen LogP contribution in [-0.2, 0) is 0 Å². The van der Waals surface area contributed by atoms with Gasteiger partial charge in [-0.3, -0.25) is 4.79 Å². The van der Waals surface area contributed by atoms with Gasteiger partial charge in [0, 0.05) is 15.9 Å². The lowest BCUT2D eigenvalue weighted by atomic mass is 10.1. The number of carbonyl (C=O) groups is 1. The SMILES string of the molecule is O=Cc1nc(Br)oc1-c1ccccc1O. The van der Waals surface area contributed by atoms with Gasteiger partial charge < -0.3 is 9.52 Å². The number of aromatic hydroxyl groups is 1. The number of rotatable bonds is 2. The summed E-state index contributed by atoms with van der Waals surface area (Å²) in [6, 6.07) is 6.58. The van der Waals surface area contributed by atoms with E-state index in [9.17, 15) is 9.90 Å². The zero-order valence-corrected chi connectivity index (χ0v) is 9.06. The first kappa shape index (κ1) is 9.92. The Bertz CT molecular complexity index is 507. The van der Waals surface area contributed by atoms with Crippen molar-refractivity contribution in [2.75, 3.05) is 0 Å². The van der Waals surface area contributed by atoms with E-state index in [0.29, 0.717) is 11.8 Å². The van der Waals surface area contributed by atoms with Crippen molar-refractivity contribution in [1.82, 2.24) is 4.98 Å². The fourth-order valence-electron chi connectivity index (χ4n) is 1.24. The lowest BCUT2D eigenvalue weighted by molar-refractivity contribution is 0.112. The topological polar surface area (TPSA) is 63.3 Å². The van der Waals surface area contributed by atoms with Crippen molar-refractivity contribution in [2.24, 2.45) is 0 Å². The molecule has 76 valence electrons. The van der Waals surface area contributed by atoms with E-state index in [1.807, 2.05) is 0 Å². The minimum Gasteiger partial charge on any atom is -0.507 e. The predicted molar refractivity (Wildman–Crippen MR) is 56.7 cm³/mol. The van der Waals surface area contributed by atoms with E-state index in [-0.39, 0.29) is 22.0 Å². The van der Waals surface area contributed by atoms with Gasteiger partial charge in [0.05, 0.1) is 5.56 Å². The number of oxazole rings is 1. The van der Waals surface area contributed by atoms with Gasteiger partial charge in [0.25, 0.3) is 4.80 Å². The van der Waals surface area contributed by atoms with Gasteiger partial charge in [-0.25, -0.2) is 0 Å². The minimum atomic E-state index is 0.0456. The summed E-state index contributed by atoms with van der Waals surface area (Å²) in [7, 11) is 0. The average Bonchev–Trinajstić information content (AvgIpc) is 2.60. The van der Waals surface area contributed by atoms with Crippen molar-refractivity contribution < 1.29 is 14.3 Å². The lowest BCUT2D eigenvalue weighted by Gasteiger charge is -1.99. The fraction of sp³-hybridized carbons (Fsp3) is 0. The van der Waals surface area contributed by atoms with Crippen molar-refractivity contribution >= 4 is 22.2 Å². The second-order valence-electron chi connectivity index (χ2n) is 2.82. The van der Waals surface area contributed by atoms with Gasteiger partial charge in [-0.05, 0) is 12.1 Å². The van der Waals surface area contributed by atoms with E-state index < -0.39 is 0 Å². The molecule has 4 nitrogen and oxygen atoms in total. The highest BCUT2D eigenvalue weighted by Crippen LogP contribution is 2.32. The number of hydrogen-bond donors (Lipinski definition) is 1. The molecule has 0 amide bonds. The summed E-state index contributed by atoms with van der Waals surface area (Å²) in [6.07, 6.45) is 0.579. The van der Waals surface area contributed by atoms with Gasteiger partial charge in [-0.2, -0.15) is 4.98 Å². The van der Waals surface area contributed by atoms with Crippen LogP contribution in [0.25, 0.3) is 11.3 Å². The maximum atomic E-state index is 10.7. The van der Waals surface area contributed by atoms with Crippen molar-refractivity contribution in [3.63, 3.8) is 0 Å². The number of nitrogens with zero attached hydrogens (tertiary/aromatic N) is 1. The van der Waals surface area contributed by atoms with Crippen molar-refractivity contribution in [2.45, 2.75) is 0 Å². The van der Waals surface area contributed by atoms with Gasteiger partial charge in [0.15, 0.2) is 17.7 Å². The minimum absolute atomic E-state index is 0.0456. The zero-order chi connectivity index (χ0) is 10.8. The molecule has 0 bridgehead atoms. The van der Waals surface area contributed by atoms with Gasteiger partial charge in [-0.15, -0.1) is 0 Å². The monoisotopic (exact) mass is 267 g/mol. The third-order valence-electron chi connectivity index (χ3n) is 1.89. The molecular formula is C10H6BrNO3. The molecule has 2 aromatic rings. The van der Waals surface area contributed by atoms with Crippen molar-refractivity contribution in [3.05, 3.63) is 34.8 Å². The van der Waals surface area contributed by atoms with Crippen LogP contribution in [0.1, 0.15) is 10.5 Å². The van der Waals surface area contributed by atoms with Gasteiger partial charge >= 0.3 is 0 Å². The van der Waals surface area contributed by atoms with E-state index in [1.165, 1.54) is 6.07 Å². The summed E-state index contributed by atoms with van der Waals surface area (Å²) in [5.74, 6) is 0.305. The molecule has 5 heteroatoms. The number of aldehydes is 1. The Morgan fingerprint density at radius 1 is 1.40 bits per heavy atom. The summed E-state index contributed by atoms with van der Waals surface area (Å²) >= 11 is 3.03. The van der Waals surface area contributed by atoms with Gasteiger partial charge in [0.2, 0.25) is 0 Å². The standard InChI is InChI=1S/C10H6BrNO3/c11-10-12-7(5-13)9(15-10)6-3-1-2-4-8(6)14/h1-5,14H. The highest BCUT2D eigenvalue weighted by molar-refractivity contribution is 9.10. The Kier molecular flexibility index (Phi) is 2.55. The number of para-hydroxylation sites is 1. The number of carbonyl (C=O) groups excluding carboxylic acids is 1. The molecule has 0 aliphatic carbocycles. The molecule has 1 heterocycles. The number of aromatic nitrogens is 1. The quantitative estimate of drug-likeness (QED) is 0.850. The summed E-state index contributed by atoms with van der Waals surface area (Å²) in [5, 5.41) is 9.57. The summed E-state index contributed by atoms with van der Waals surface area (Å²) in [4.78, 5) is 14.7. The number of phenolic OH excluding ortho intramolecular Hbond substituents is 1.